The van der Waals surface area contributed by atoms with E-state index in [1.807, 2.05) is 18.2 Å². The SMILES string of the molecule is CC(C)NCCc1nc(C2Cc3ccccc3O2)no1. The largest absolute Gasteiger partial charge is 0.482 e. The second kappa shape index (κ2) is 5.63. The molecule has 3 rings (SSSR count). The van der Waals surface area contributed by atoms with Crippen LogP contribution in [0.3, 0.4) is 0 Å². The summed E-state index contributed by atoms with van der Waals surface area (Å²) in [6.45, 7) is 5.07. The topological polar surface area (TPSA) is 60.2 Å². The van der Waals surface area contributed by atoms with Gasteiger partial charge in [0.15, 0.2) is 6.10 Å². The number of hydrogen-bond acceptors (Lipinski definition) is 5. The Bertz CT molecular complexity index is 555. The molecule has 0 bridgehead atoms. The van der Waals surface area contributed by atoms with E-state index in [2.05, 4.69) is 35.4 Å². The fourth-order valence-electron chi connectivity index (χ4n) is 2.29. The minimum Gasteiger partial charge on any atom is -0.482 e. The number of hydrogen-bond donors (Lipinski definition) is 1. The molecule has 0 spiro atoms. The predicted molar refractivity (Wildman–Crippen MR) is 74.7 cm³/mol. The molecule has 1 atom stereocenters. The predicted octanol–water partition coefficient (Wildman–Crippen LogP) is 2.29. The first-order valence-corrected chi connectivity index (χ1v) is 7.03. The van der Waals surface area contributed by atoms with Crippen molar-refractivity contribution in [3.8, 4) is 5.75 Å². The van der Waals surface area contributed by atoms with E-state index < -0.39 is 0 Å². The molecule has 1 N–H and O–H groups in total. The van der Waals surface area contributed by atoms with Gasteiger partial charge >= 0.3 is 0 Å². The van der Waals surface area contributed by atoms with Crippen LogP contribution in [0.25, 0.3) is 0 Å². The van der Waals surface area contributed by atoms with Crippen LogP contribution in [-0.2, 0) is 12.8 Å². The van der Waals surface area contributed by atoms with Crippen LogP contribution in [0.5, 0.6) is 5.75 Å². The number of nitrogens with zero attached hydrogens (tertiary/aromatic N) is 2. The Kier molecular flexibility index (Phi) is 3.69. The third kappa shape index (κ3) is 2.82. The number of fused-ring (bicyclic) bond motifs is 1. The summed E-state index contributed by atoms with van der Waals surface area (Å²) in [4.78, 5) is 4.43. The zero-order valence-electron chi connectivity index (χ0n) is 11.8. The first kappa shape index (κ1) is 13.1. The van der Waals surface area contributed by atoms with E-state index in [1.54, 1.807) is 0 Å². The molecule has 5 heteroatoms. The smallest absolute Gasteiger partial charge is 0.228 e. The number of aromatic nitrogens is 2. The van der Waals surface area contributed by atoms with E-state index in [9.17, 15) is 0 Å². The van der Waals surface area contributed by atoms with Crippen LogP contribution in [0, 0.1) is 0 Å². The molecule has 2 aromatic rings. The lowest BCUT2D eigenvalue weighted by Crippen LogP contribution is -2.25. The average molecular weight is 273 g/mol. The van der Waals surface area contributed by atoms with E-state index in [1.165, 1.54) is 5.56 Å². The fourth-order valence-corrected chi connectivity index (χ4v) is 2.29. The van der Waals surface area contributed by atoms with E-state index in [0.717, 1.165) is 25.1 Å². The molecule has 1 aliphatic heterocycles. The van der Waals surface area contributed by atoms with Gasteiger partial charge in [0.2, 0.25) is 11.7 Å². The van der Waals surface area contributed by atoms with Crippen LogP contribution in [0.4, 0.5) is 0 Å². The second-order valence-corrected chi connectivity index (χ2v) is 5.32. The summed E-state index contributed by atoms with van der Waals surface area (Å²) in [5.74, 6) is 2.22. The molecule has 106 valence electrons. The minimum absolute atomic E-state index is 0.122. The summed E-state index contributed by atoms with van der Waals surface area (Å²) in [6, 6.07) is 8.50. The van der Waals surface area contributed by atoms with Crippen LogP contribution < -0.4 is 10.1 Å². The van der Waals surface area contributed by atoms with Gasteiger partial charge in [0.25, 0.3) is 0 Å². The van der Waals surface area contributed by atoms with Gasteiger partial charge in [-0.15, -0.1) is 0 Å². The van der Waals surface area contributed by atoms with Gasteiger partial charge in [0.05, 0.1) is 0 Å². The van der Waals surface area contributed by atoms with Crippen molar-refractivity contribution >= 4 is 0 Å². The van der Waals surface area contributed by atoms with E-state index in [0.29, 0.717) is 17.8 Å². The molecule has 1 aromatic heterocycles. The maximum Gasteiger partial charge on any atom is 0.228 e. The summed E-state index contributed by atoms with van der Waals surface area (Å²) in [5.41, 5.74) is 1.20. The summed E-state index contributed by atoms with van der Waals surface area (Å²) in [5, 5.41) is 7.37. The van der Waals surface area contributed by atoms with Gasteiger partial charge in [-0.2, -0.15) is 4.98 Å². The Balaban J connectivity index is 1.61. The Morgan fingerprint density at radius 1 is 1.35 bits per heavy atom. The Hall–Kier alpha value is -1.88. The number of benzene rings is 1. The van der Waals surface area contributed by atoms with Gasteiger partial charge in [0.1, 0.15) is 5.75 Å². The molecule has 1 aromatic carbocycles. The summed E-state index contributed by atoms with van der Waals surface area (Å²) < 4.78 is 11.1. The zero-order valence-corrected chi connectivity index (χ0v) is 11.8. The molecule has 2 heterocycles. The van der Waals surface area contributed by atoms with Crippen LogP contribution in [-0.4, -0.2) is 22.7 Å². The first-order valence-electron chi connectivity index (χ1n) is 7.03. The van der Waals surface area contributed by atoms with Crippen molar-refractivity contribution in [2.75, 3.05) is 6.54 Å². The van der Waals surface area contributed by atoms with Crippen molar-refractivity contribution in [1.29, 1.82) is 0 Å². The molecular formula is C15H19N3O2. The van der Waals surface area contributed by atoms with Crippen molar-refractivity contribution < 1.29 is 9.26 Å². The van der Waals surface area contributed by atoms with E-state index in [-0.39, 0.29) is 6.10 Å². The third-order valence-electron chi connectivity index (χ3n) is 3.31. The quantitative estimate of drug-likeness (QED) is 0.905. The number of para-hydroxylation sites is 1. The van der Waals surface area contributed by atoms with Crippen LogP contribution in [0.2, 0.25) is 0 Å². The molecule has 20 heavy (non-hydrogen) atoms. The van der Waals surface area contributed by atoms with Gasteiger partial charge in [-0.05, 0) is 11.6 Å². The number of ether oxygens (including phenoxy) is 1. The van der Waals surface area contributed by atoms with Gasteiger partial charge in [-0.25, -0.2) is 0 Å². The highest BCUT2D eigenvalue weighted by Gasteiger charge is 2.28. The highest BCUT2D eigenvalue weighted by molar-refractivity contribution is 5.37. The Morgan fingerprint density at radius 3 is 3.00 bits per heavy atom. The first-order chi connectivity index (χ1) is 9.72. The van der Waals surface area contributed by atoms with Crippen molar-refractivity contribution in [1.82, 2.24) is 15.5 Å². The third-order valence-corrected chi connectivity index (χ3v) is 3.31. The van der Waals surface area contributed by atoms with Gasteiger partial charge in [-0.3, -0.25) is 0 Å². The van der Waals surface area contributed by atoms with Crippen molar-refractivity contribution in [3.63, 3.8) is 0 Å². The standard InChI is InChI=1S/C15H19N3O2/c1-10(2)16-8-7-14-17-15(18-20-14)13-9-11-5-3-4-6-12(11)19-13/h3-6,10,13,16H,7-9H2,1-2H3. The monoisotopic (exact) mass is 273 g/mol. The Labute approximate surface area is 118 Å². The lowest BCUT2D eigenvalue weighted by molar-refractivity contribution is 0.221. The molecular weight excluding hydrogens is 254 g/mol. The van der Waals surface area contributed by atoms with Crippen LogP contribution in [0.15, 0.2) is 28.8 Å². The zero-order chi connectivity index (χ0) is 13.9. The average Bonchev–Trinajstić information content (AvgIpc) is 3.03. The lowest BCUT2D eigenvalue weighted by atomic mass is 10.1. The molecule has 0 saturated heterocycles. The van der Waals surface area contributed by atoms with Gasteiger partial charge in [0, 0.05) is 25.4 Å². The van der Waals surface area contributed by atoms with Crippen LogP contribution >= 0.6 is 0 Å². The molecule has 0 fully saturated rings. The minimum atomic E-state index is -0.122. The van der Waals surface area contributed by atoms with Gasteiger partial charge in [-0.1, -0.05) is 37.2 Å². The molecule has 0 aliphatic carbocycles. The number of rotatable bonds is 5. The molecule has 5 nitrogen and oxygen atoms in total. The van der Waals surface area contributed by atoms with Crippen molar-refractivity contribution in [2.45, 2.75) is 38.8 Å². The molecule has 0 saturated carbocycles. The molecule has 1 unspecified atom stereocenters. The van der Waals surface area contributed by atoms with Crippen molar-refractivity contribution in [3.05, 3.63) is 41.5 Å². The lowest BCUT2D eigenvalue weighted by Gasteiger charge is -2.05. The van der Waals surface area contributed by atoms with Crippen molar-refractivity contribution in [2.24, 2.45) is 0 Å². The highest BCUT2D eigenvalue weighted by atomic mass is 16.5. The normalized spacial score (nSPS) is 17.2. The molecule has 1 aliphatic rings. The maximum atomic E-state index is 5.85. The molecule has 0 amide bonds. The summed E-state index contributed by atoms with van der Waals surface area (Å²) in [7, 11) is 0. The van der Waals surface area contributed by atoms with E-state index >= 15 is 0 Å². The maximum absolute atomic E-state index is 5.85. The van der Waals surface area contributed by atoms with E-state index in [4.69, 9.17) is 9.26 Å². The summed E-state index contributed by atoms with van der Waals surface area (Å²) in [6.07, 6.45) is 1.42. The van der Waals surface area contributed by atoms with Crippen LogP contribution in [0.1, 0.15) is 37.2 Å². The fraction of sp³-hybridized carbons (Fsp3) is 0.467. The summed E-state index contributed by atoms with van der Waals surface area (Å²) >= 11 is 0. The molecule has 0 radical (unpaired) electrons. The highest BCUT2D eigenvalue weighted by Crippen LogP contribution is 2.35. The Morgan fingerprint density at radius 2 is 2.20 bits per heavy atom. The second-order valence-electron chi connectivity index (χ2n) is 5.32. The van der Waals surface area contributed by atoms with Gasteiger partial charge < -0.3 is 14.6 Å². The number of nitrogens with one attached hydrogen (secondary N) is 1.